The quantitative estimate of drug-likeness (QED) is 0.380. The Morgan fingerprint density at radius 1 is 1.12 bits per heavy atom. The van der Waals surface area contributed by atoms with E-state index in [1.807, 2.05) is 10.6 Å². The number of hydrogen-bond donors (Lipinski definition) is 2. The molecule has 3 unspecified atom stereocenters. The summed E-state index contributed by atoms with van der Waals surface area (Å²) >= 11 is 0. The summed E-state index contributed by atoms with van der Waals surface area (Å²) in [5, 5.41) is 10.7. The first kappa shape index (κ1) is 27.2. The predicted octanol–water partition coefficient (Wildman–Crippen LogP) is 1.69. The lowest BCUT2D eigenvalue weighted by Gasteiger charge is -2.42. The van der Waals surface area contributed by atoms with Gasteiger partial charge in [-0.1, -0.05) is 18.2 Å². The number of benzene rings is 1. The Hall–Kier alpha value is -4.38. The minimum atomic E-state index is -0.869. The highest BCUT2D eigenvalue weighted by Gasteiger charge is 2.35. The van der Waals surface area contributed by atoms with Crippen molar-refractivity contribution in [3.8, 4) is 11.5 Å². The van der Waals surface area contributed by atoms with Crippen molar-refractivity contribution in [2.45, 2.75) is 37.8 Å². The maximum absolute atomic E-state index is 12.8. The molecule has 1 fully saturated rings. The molecule has 2 aromatic heterocycles. The predicted molar refractivity (Wildman–Crippen MR) is 143 cm³/mol. The van der Waals surface area contributed by atoms with E-state index in [9.17, 15) is 24.3 Å². The van der Waals surface area contributed by atoms with Crippen molar-refractivity contribution in [2.24, 2.45) is 11.7 Å². The van der Waals surface area contributed by atoms with Gasteiger partial charge in [0.05, 0.1) is 19.6 Å². The van der Waals surface area contributed by atoms with Crippen LogP contribution in [0.25, 0.3) is 0 Å². The summed E-state index contributed by atoms with van der Waals surface area (Å²) in [5.74, 6) is -1.62. The molecule has 5 rings (SSSR count). The maximum atomic E-state index is 12.8. The molecule has 1 saturated heterocycles. The molecule has 0 aliphatic carbocycles. The summed E-state index contributed by atoms with van der Waals surface area (Å²) in [7, 11) is 1.25. The molecule has 2 aliphatic heterocycles. The zero-order chi connectivity index (χ0) is 28.4. The molecule has 1 amide bonds. The number of esters is 1. The first-order valence-electron chi connectivity index (χ1n) is 13.1. The van der Waals surface area contributed by atoms with Gasteiger partial charge in [0.1, 0.15) is 11.5 Å². The molecule has 2 aliphatic rings. The van der Waals surface area contributed by atoms with E-state index in [0.29, 0.717) is 36.7 Å². The molecular formula is C29H31N3O8. The molecule has 210 valence electrons. The molecule has 0 radical (unpaired) electrons. The Morgan fingerprint density at radius 2 is 1.93 bits per heavy atom. The van der Waals surface area contributed by atoms with Gasteiger partial charge in [0.25, 0.3) is 5.56 Å². The van der Waals surface area contributed by atoms with Crippen LogP contribution >= 0.6 is 0 Å². The maximum Gasteiger partial charge on any atom is 0.343 e. The number of likely N-dealkylation sites (tertiary alicyclic amines) is 1. The lowest BCUT2D eigenvalue weighted by atomic mass is 9.83. The van der Waals surface area contributed by atoms with E-state index in [1.54, 1.807) is 36.4 Å². The van der Waals surface area contributed by atoms with Gasteiger partial charge in [-0.3, -0.25) is 19.3 Å². The number of aromatic hydroxyl groups is 1. The monoisotopic (exact) mass is 549 g/mol. The van der Waals surface area contributed by atoms with Crippen LogP contribution in [0.3, 0.4) is 0 Å². The van der Waals surface area contributed by atoms with Gasteiger partial charge in [-0.05, 0) is 36.1 Å². The number of nitrogens with zero attached hydrogens (tertiary/aromatic N) is 2. The Balaban J connectivity index is 1.42. The van der Waals surface area contributed by atoms with Gasteiger partial charge < -0.3 is 29.3 Å². The van der Waals surface area contributed by atoms with Gasteiger partial charge in [0.15, 0.2) is 12.4 Å². The number of carbonyl (C=O) groups excluding carboxylic acids is 2. The zero-order valence-electron chi connectivity index (χ0n) is 22.1. The average Bonchev–Trinajstić information content (AvgIpc) is 2.93. The highest BCUT2D eigenvalue weighted by molar-refractivity contribution is 5.75. The van der Waals surface area contributed by atoms with E-state index >= 15 is 0 Å². The van der Waals surface area contributed by atoms with E-state index in [0.717, 1.165) is 18.7 Å². The zero-order valence-corrected chi connectivity index (χ0v) is 22.1. The number of pyridine rings is 1. The van der Waals surface area contributed by atoms with Crippen LogP contribution in [0, 0.1) is 5.92 Å². The van der Waals surface area contributed by atoms with E-state index in [2.05, 4.69) is 9.64 Å². The molecule has 3 aromatic rings. The molecule has 0 spiro atoms. The lowest BCUT2D eigenvalue weighted by molar-refractivity contribution is -0.142. The minimum Gasteiger partial charge on any atom is -0.502 e. The van der Waals surface area contributed by atoms with Gasteiger partial charge in [0, 0.05) is 49.8 Å². The second-order valence-corrected chi connectivity index (χ2v) is 10.3. The number of hydrogen-bond acceptors (Lipinski definition) is 9. The normalized spacial score (nSPS) is 18.9. The fourth-order valence-electron chi connectivity index (χ4n) is 5.80. The molecule has 3 atom stereocenters. The van der Waals surface area contributed by atoms with Gasteiger partial charge in [-0.25, -0.2) is 4.79 Å². The van der Waals surface area contributed by atoms with Crippen LogP contribution in [0.5, 0.6) is 11.5 Å². The third-order valence-electron chi connectivity index (χ3n) is 7.50. The Kier molecular flexibility index (Phi) is 7.74. The summed E-state index contributed by atoms with van der Waals surface area (Å²) in [6, 6.07) is 13.2. The van der Waals surface area contributed by atoms with E-state index in [-0.39, 0.29) is 36.2 Å². The van der Waals surface area contributed by atoms with Gasteiger partial charge in [-0.15, -0.1) is 0 Å². The van der Waals surface area contributed by atoms with Crippen molar-refractivity contribution in [1.82, 2.24) is 9.47 Å². The topological polar surface area (TPSA) is 154 Å². The highest BCUT2D eigenvalue weighted by atomic mass is 16.6. The molecule has 11 heteroatoms. The van der Waals surface area contributed by atoms with Crippen molar-refractivity contribution in [3.05, 3.63) is 91.9 Å². The third-order valence-corrected chi connectivity index (χ3v) is 7.50. The first-order chi connectivity index (χ1) is 19.2. The standard InChI is InChI=1S/C29H31N3O8/c1-38-27(36)16-39-20-5-2-4-18(9-20)22(11-25(30)34)29-28(37)24(33)10-21(40-29)15-31-12-17-8-19(14-31)23-6-3-7-26(35)32(23)13-17/h2-7,9-10,17,19,22,37H,8,11-16H2,1H3,(H2,30,34). The van der Waals surface area contributed by atoms with Crippen LogP contribution < -0.4 is 21.5 Å². The first-order valence-corrected chi connectivity index (χ1v) is 13.1. The molecule has 1 aromatic carbocycles. The van der Waals surface area contributed by atoms with Gasteiger partial charge >= 0.3 is 5.97 Å². The smallest absolute Gasteiger partial charge is 0.343 e. The van der Waals surface area contributed by atoms with Crippen LogP contribution in [0.4, 0.5) is 0 Å². The SMILES string of the molecule is COC(=O)COc1cccc(C(CC(N)=O)c2oc(CN3CC4CC(C3)c3cccc(=O)n3C4)cc(=O)c2O)c1. The fourth-order valence-corrected chi connectivity index (χ4v) is 5.80. The Labute approximate surface area is 229 Å². The number of methoxy groups -OCH3 is 1. The lowest BCUT2D eigenvalue weighted by Crippen LogP contribution is -2.46. The van der Waals surface area contributed by atoms with Crippen LogP contribution in [0.15, 0.2) is 62.5 Å². The van der Waals surface area contributed by atoms with Crippen molar-refractivity contribution in [3.63, 3.8) is 0 Å². The van der Waals surface area contributed by atoms with Crippen LogP contribution in [-0.4, -0.2) is 53.3 Å². The van der Waals surface area contributed by atoms with E-state index in [1.165, 1.54) is 13.2 Å². The molecule has 11 nitrogen and oxygen atoms in total. The fraction of sp³-hybridized carbons (Fsp3) is 0.379. The average molecular weight is 550 g/mol. The molecule has 2 bridgehead atoms. The number of aromatic nitrogens is 1. The molecular weight excluding hydrogens is 518 g/mol. The number of nitrogens with two attached hydrogens (primary N) is 1. The van der Waals surface area contributed by atoms with Crippen LogP contribution in [0.2, 0.25) is 0 Å². The van der Waals surface area contributed by atoms with Crippen molar-refractivity contribution in [2.75, 3.05) is 26.8 Å². The third kappa shape index (κ3) is 5.79. The molecule has 3 N–H and O–H groups in total. The number of amides is 1. The van der Waals surface area contributed by atoms with Gasteiger partial charge in [0.2, 0.25) is 17.1 Å². The van der Waals surface area contributed by atoms with E-state index in [4.69, 9.17) is 14.9 Å². The van der Waals surface area contributed by atoms with Crippen molar-refractivity contribution in [1.29, 1.82) is 0 Å². The van der Waals surface area contributed by atoms with Crippen LogP contribution in [-0.2, 0) is 27.4 Å². The summed E-state index contributed by atoms with van der Waals surface area (Å²) in [4.78, 5) is 50.9. The summed E-state index contributed by atoms with van der Waals surface area (Å²) in [5.41, 5.74) is 6.43. The summed E-state index contributed by atoms with van der Waals surface area (Å²) < 4.78 is 18.0. The summed E-state index contributed by atoms with van der Waals surface area (Å²) in [6.45, 7) is 2.05. The Bertz CT molecular complexity index is 1540. The number of carbonyl (C=O) groups is 2. The number of ether oxygens (including phenoxy) is 2. The minimum absolute atomic E-state index is 0.00933. The Morgan fingerprint density at radius 3 is 2.70 bits per heavy atom. The van der Waals surface area contributed by atoms with Crippen molar-refractivity contribution >= 4 is 11.9 Å². The van der Waals surface area contributed by atoms with Crippen molar-refractivity contribution < 1.29 is 28.6 Å². The van der Waals surface area contributed by atoms with Gasteiger partial charge in [-0.2, -0.15) is 0 Å². The second kappa shape index (κ2) is 11.4. The number of primary amides is 1. The number of fused-ring (bicyclic) bond motifs is 4. The molecule has 4 heterocycles. The summed E-state index contributed by atoms with van der Waals surface area (Å²) in [6.07, 6.45) is 0.750. The highest BCUT2D eigenvalue weighted by Crippen LogP contribution is 2.37. The largest absolute Gasteiger partial charge is 0.502 e. The molecule has 0 saturated carbocycles. The second-order valence-electron chi connectivity index (χ2n) is 10.3. The van der Waals surface area contributed by atoms with E-state index < -0.39 is 29.0 Å². The molecule has 40 heavy (non-hydrogen) atoms. The number of rotatable bonds is 9. The number of piperidine rings is 1. The van der Waals surface area contributed by atoms with Crippen LogP contribution in [0.1, 0.15) is 47.5 Å².